The molecular formula is C10H12N2O4S. The van der Waals surface area contributed by atoms with Gasteiger partial charge in [-0.1, -0.05) is 30.3 Å². The van der Waals surface area contributed by atoms with Crippen molar-refractivity contribution in [1.82, 2.24) is 0 Å². The normalized spacial score (nSPS) is 10.7. The van der Waals surface area contributed by atoms with Crippen LogP contribution in [-0.2, 0) is 10.4 Å². The lowest BCUT2D eigenvalue weighted by molar-refractivity contribution is 0.381. The molecule has 2 rings (SSSR count). The Balaban J connectivity index is 0.000000249. The second-order valence-electron chi connectivity index (χ2n) is 3.24. The van der Waals surface area contributed by atoms with Crippen LogP contribution in [0, 0.1) is 0 Å². The molecule has 0 amide bonds. The highest BCUT2D eigenvalue weighted by atomic mass is 32.3. The molecule has 0 heterocycles. The molecule has 17 heavy (non-hydrogen) atoms. The van der Waals surface area contributed by atoms with E-state index in [0.29, 0.717) is 11.4 Å². The van der Waals surface area contributed by atoms with Crippen LogP contribution in [0.1, 0.15) is 0 Å². The van der Waals surface area contributed by atoms with Crippen molar-refractivity contribution in [3.8, 4) is 0 Å². The van der Waals surface area contributed by atoms with E-state index < -0.39 is 10.4 Å². The summed E-state index contributed by atoms with van der Waals surface area (Å²) in [4.78, 5) is 0. The Kier molecular flexibility index (Phi) is 3.89. The molecule has 0 aliphatic carbocycles. The van der Waals surface area contributed by atoms with Crippen molar-refractivity contribution in [2.75, 3.05) is 11.5 Å². The molecule has 0 saturated carbocycles. The lowest BCUT2D eigenvalue weighted by atomic mass is 10.1. The van der Waals surface area contributed by atoms with E-state index in [0.717, 1.165) is 10.8 Å². The number of hydrogen-bond donors (Lipinski definition) is 4. The van der Waals surface area contributed by atoms with Crippen molar-refractivity contribution < 1.29 is 17.5 Å². The van der Waals surface area contributed by atoms with Gasteiger partial charge in [0.25, 0.3) is 0 Å². The van der Waals surface area contributed by atoms with Gasteiger partial charge in [0.15, 0.2) is 0 Å². The first-order valence-electron chi connectivity index (χ1n) is 4.51. The molecule has 6 nitrogen and oxygen atoms in total. The van der Waals surface area contributed by atoms with Gasteiger partial charge in [0.05, 0.1) is 11.4 Å². The molecule has 0 aliphatic rings. The third-order valence-electron chi connectivity index (χ3n) is 2.00. The molecular weight excluding hydrogens is 244 g/mol. The van der Waals surface area contributed by atoms with Gasteiger partial charge in [-0.3, -0.25) is 9.11 Å². The molecule has 6 N–H and O–H groups in total. The monoisotopic (exact) mass is 256 g/mol. The van der Waals surface area contributed by atoms with Crippen LogP contribution in [0.15, 0.2) is 36.4 Å². The summed E-state index contributed by atoms with van der Waals surface area (Å²) < 4.78 is 31.6. The highest BCUT2D eigenvalue weighted by Gasteiger charge is 1.98. The number of rotatable bonds is 0. The first kappa shape index (κ1) is 13.2. The number of nitrogen functional groups attached to an aromatic ring is 2. The zero-order valence-electron chi connectivity index (χ0n) is 8.74. The third-order valence-corrected chi connectivity index (χ3v) is 2.00. The Hall–Kier alpha value is -1.83. The lowest BCUT2D eigenvalue weighted by Crippen LogP contribution is -1.94. The van der Waals surface area contributed by atoms with Crippen molar-refractivity contribution in [1.29, 1.82) is 0 Å². The van der Waals surface area contributed by atoms with Gasteiger partial charge in [0.2, 0.25) is 0 Å². The summed E-state index contributed by atoms with van der Waals surface area (Å²) >= 11 is 0. The van der Waals surface area contributed by atoms with Crippen LogP contribution in [0.2, 0.25) is 0 Å². The van der Waals surface area contributed by atoms with Crippen LogP contribution >= 0.6 is 0 Å². The Labute approximate surface area is 98.4 Å². The van der Waals surface area contributed by atoms with Crippen molar-refractivity contribution in [3.63, 3.8) is 0 Å². The molecule has 0 atom stereocenters. The highest BCUT2D eigenvalue weighted by Crippen LogP contribution is 2.25. The van der Waals surface area contributed by atoms with Crippen LogP contribution in [0.4, 0.5) is 11.4 Å². The number of nitrogens with two attached hydrogens (primary N) is 2. The van der Waals surface area contributed by atoms with Gasteiger partial charge in [-0.15, -0.1) is 0 Å². The van der Waals surface area contributed by atoms with E-state index in [4.69, 9.17) is 29.0 Å². The Morgan fingerprint density at radius 1 is 0.941 bits per heavy atom. The summed E-state index contributed by atoms with van der Waals surface area (Å²) in [6.07, 6.45) is 0. The van der Waals surface area contributed by atoms with Gasteiger partial charge in [-0.05, 0) is 11.5 Å². The van der Waals surface area contributed by atoms with Crippen molar-refractivity contribution in [2.45, 2.75) is 0 Å². The molecule has 0 bridgehead atoms. The Morgan fingerprint density at radius 3 is 2.06 bits per heavy atom. The van der Waals surface area contributed by atoms with Crippen molar-refractivity contribution >= 4 is 32.5 Å². The SMILES string of the molecule is Nc1ccc2ccccc2c1N.O=S(=O)(O)O. The van der Waals surface area contributed by atoms with Crippen LogP contribution in [0.3, 0.4) is 0 Å². The topological polar surface area (TPSA) is 127 Å². The third kappa shape index (κ3) is 4.27. The predicted molar refractivity (Wildman–Crippen MR) is 67.0 cm³/mol. The second kappa shape index (κ2) is 5.00. The summed E-state index contributed by atoms with van der Waals surface area (Å²) in [7, 11) is -4.67. The van der Waals surface area contributed by atoms with E-state index in [1.807, 2.05) is 36.4 Å². The van der Waals surface area contributed by atoms with Gasteiger partial charge in [0.1, 0.15) is 0 Å². The van der Waals surface area contributed by atoms with Crippen LogP contribution in [0.5, 0.6) is 0 Å². The molecule has 0 aliphatic heterocycles. The maximum absolute atomic E-state index is 8.74. The van der Waals surface area contributed by atoms with Gasteiger partial charge in [-0.2, -0.15) is 8.42 Å². The average Bonchev–Trinajstić information content (AvgIpc) is 2.22. The minimum absolute atomic E-state index is 0.647. The van der Waals surface area contributed by atoms with Crippen LogP contribution in [0.25, 0.3) is 10.8 Å². The average molecular weight is 256 g/mol. The Bertz CT molecular complexity index is 617. The first-order chi connectivity index (χ1) is 7.79. The quantitative estimate of drug-likeness (QED) is 0.416. The summed E-state index contributed by atoms with van der Waals surface area (Å²) in [6.45, 7) is 0. The fourth-order valence-electron chi connectivity index (χ4n) is 1.31. The summed E-state index contributed by atoms with van der Waals surface area (Å²) in [5, 5.41) is 2.15. The number of fused-ring (bicyclic) bond motifs is 1. The molecule has 7 heteroatoms. The van der Waals surface area contributed by atoms with Gasteiger partial charge in [-0.25, -0.2) is 0 Å². The second-order valence-corrected chi connectivity index (χ2v) is 4.13. The van der Waals surface area contributed by atoms with Gasteiger partial charge < -0.3 is 11.5 Å². The van der Waals surface area contributed by atoms with E-state index in [9.17, 15) is 0 Å². The van der Waals surface area contributed by atoms with E-state index in [2.05, 4.69) is 0 Å². The first-order valence-corrected chi connectivity index (χ1v) is 5.91. The zero-order valence-corrected chi connectivity index (χ0v) is 9.55. The molecule has 0 spiro atoms. The van der Waals surface area contributed by atoms with Crippen molar-refractivity contribution in [2.24, 2.45) is 0 Å². The molecule has 92 valence electrons. The molecule has 0 fully saturated rings. The van der Waals surface area contributed by atoms with Crippen molar-refractivity contribution in [3.05, 3.63) is 36.4 Å². The maximum Gasteiger partial charge on any atom is 0.394 e. The largest absolute Gasteiger partial charge is 0.397 e. The summed E-state index contributed by atoms with van der Waals surface area (Å²) in [5.41, 5.74) is 12.8. The van der Waals surface area contributed by atoms with E-state index in [-0.39, 0.29) is 0 Å². The molecule has 2 aromatic rings. The van der Waals surface area contributed by atoms with Gasteiger partial charge in [0, 0.05) is 5.39 Å². The molecule has 0 aromatic heterocycles. The van der Waals surface area contributed by atoms with E-state index in [1.54, 1.807) is 0 Å². The number of benzene rings is 2. The summed E-state index contributed by atoms with van der Waals surface area (Å²) in [6, 6.07) is 11.7. The van der Waals surface area contributed by atoms with Crippen LogP contribution in [-0.4, -0.2) is 17.5 Å². The maximum atomic E-state index is 8.74. The fourth-order valence-corrected chi connectivity index (χ4v) is 1.31. The molecule has 0 unspecified atom stereocenters. The minimum Gasteiger partial charge on any atom is -0.397 e. The predicted octanol–water partition coefficient (Wildman–Crippen LogP) is 1.35. The standard InChI is InChI=1S/C10H10N2.H2O4S/c11-9-6-5-7-3-1-2-4-8(7)10(9)12;1-5(2,3)4/h1-6H,11-12H2;(H2,1,2,3,4). The lowest BCUT2D eigenvalue weighted by Gasteiger charge is -2.03. The van der Waals surface area contributed by atoms with E-state index >= 15 is 0 Å². The molecule has 0 saturated heterocycles. The minimum atomic E-state index is -4.67. The summed E-state index contributed by atoms with van der Waals surface area (Å²) in [5.74, 6) is 0. The van der Waals surface area contributed by atoms with Crippen LogP contribution < -0.4 is 11.5 Å². The van der Waals surface area contributed by atoms with Gasteiger partial charge >= 0.3 is 10.4 Å². The molecule has 0 radical (unpaired) electrons. The molecule has 2 aromatic carbocycles. The number of hydrogen-bond acceptors (Lipinski definition) is 4. The fraction of sp³-hybridized carbons (Fsp3) is 0. The highest BCUT2D eigenvalue weighted by molar-refractivity contribution is 7.79. The number of anilines is 2. The Morgan fingerprint density at radius 2 is 1.47 bits per heavy atom. The van der Waals surface area contributed by atoms with E-state index in [1.165, 1.54) is 0 Å². The smallest absolute Gasteiger partial charge is 0.394 e. The zero-order chi connectivity index (χ0) is 13.1.